The average molecular weight is 407 g/mol. The van der Waals surface area contributed by atoms with Gasteiger partial charge in [0.25, 0.3) is 0 Å². The molecule has 0 aliphatic rings. The van der Waals surface area contributed by atoms with Crippen LogP contribution in [0.5, 0.6) is 0 Å². The number of nitrogens with two attached hydrogens (primary N) is 1. The molecule has 0 radical (unpaired) electrons. The Morgan fingerprint density at radius 3 is 1.96 bits per heavy atom. The van der Waals surface area contributed by atoms with Crippen LogP contribution in [0.3, 0.4) is 0 Å². The number of carbonyl (C=O) groups excluding carboxylic acids is 2. The van der Waals surface area contributed by atoms with Gasteiger partial charge in [-0.2, -0.15) is 0 Å². The molecule has 0 unspecified atom stereocenters. The van der Waals surface area contributed by atoms with Gasteiger partial charge in [0.1, 0.15) is 19.3 Å². The van der Waals surface area contributed by atoms with Crippen molar-refractivity contribution >= 4 is 24.5 Å². The number of alkyl carbamates (subject to hydrolysis) is 1. The van der Waals surface area contributed by atoms with Crippen LogP contribution < -0.4 is 11.1 Å². The molecule has 1 atom stereocenters. The summed E-state index contributed by atoms with van der Waals surface area (Å²) in [5.41, 5.74) is 7.71. The molecular weight excluding hydrogens is 380 g/mol. The highest BCUT2D eigenvalue weighted by molar-refractivity contribution is 5.85. The molecule has 1 amide bonds. The first-order valence-electron chi connectivity index (χ1n) is 9.06. The zero-order valence-electron chi connectivity index (χ0n) is 15.7. The van der Waals surface area contributed by atoms with E-state index in [-0.39, 0.29) is 25.6 Å². The Morgan fingerprint density at radius 2 is 1.39 bits per heavy atom. The summed E-state index contributed by atoms with van der Waals surface area (Å²) in [4.78, 5) is 23.5. The van der Waals surface area contributed by atoms with Gasteiger partial charge in [-0.1, -0.05) is 60.7 Å². The van der Waals surface area contributed by atoms with E-state index in [4.69, 9.17) is 15.2 Å². The summed E-state index contributed by atoms with van der Waals surface area (Å²) in [5, 5.41) is 2.68. The highest BCUT2D eigenvalue weighted by atomic mass is 35.5. The molecule has 0 aliphatic carbocycles. The number of unbranched alkanes of at least 4 members (excludes halogenated alkanes) is 1. The number of hydrogen-bond donors (Lipinski definition) is 2. The second-order valence-electron chi connectivity index (χ2n) is 6.18. The van der Waals surface area contributed by atoms with Crippen LogP contribution in [0.25, 0.3) is 0 Å². The first-order valence-corrected chi connectivity index (χ1v) is 9.06. The Kier molecular flexibility index (Phi) is 11.4. The predicted molar refractivity (Wildman–Crippen MR) is 110 cm³/mol. The van der Waals surface area contributed by atoms with Gasteiger partial charge < -0.3 is 20.5 Å². The van der Waals surface area contributed by atoms with Crippen LogP contribution in [-0.2, 0) is 27.5 Å². The van der Waals surface area contributed by atoms with E-state index in [1.54, 1.807) is 0 Å². The summed E-state index contributed by atoms with van der Waals surface area (Å²) in [6.07, 6.45) is 1.47. The Hall–Kier alpha value is -2.57. The van der Waals surface area contributed by atoms with Crippen LogP contribution in [0.15, 0.2) is 60.7 Å². The van der Waals surface area contributed by atoms with Crippen LogP contribution >= 0.6 is 12.4 Å². The number of benzene rings is 2. The summed E-state index contributed by atoms with van der Waals surface area (Å²) in [6, 6.07) is 18.3. The molecular formula is C21H27ClN2O4. The van der Waals surface area contributed by atoms with Crippen molar-refractivity contribution in [2.24, 2.45) is 5.73 Å². The molecule has 152 valence electrons. The standard InChI is InChI=1S/C21H26N2O4.ClH/c22-19(20(24)26-15-17-9-3-1-4-10-17)13-7-8-14-23-21(25)27-16-18-11-5-2-6-12-18;/h1-6,9-12,19H,7-8,13-16,22H2,(H,23,25);1H/t19-;/m1./s1. The predicted octanol–water partition coefficient (Wildman–Crippen LogP) is 3.58. The minimum absolute atomic E-state index is 0. The van der Waals surface area contributed by atoms with E-state index in [2.05, 4.69) is 5.32 Å². The quantitative estimate of drug-likeness (QED) is 0.465. The van der Waals surface area contributed by atoms with Gasteiger partial charge in [0.05, 0.1) is 0 Å². The molecule has 3 N–H and O–H groups in total. The zero-order chi connectivity index (χ0) is 19.3. The first kappa shape index (κ1) is 23.5. The number of hydrogen-bond acceptors (Lipinski definition) is 5. The Bertz CT molecular complexity index is 698. The maximum Gasteiger partial charge on any atom is 0.407 e. The van der Waals surface area contributed by atoms with Gasteiger partial charge in [0.15, 0.2) is 0 Å². The molecule has 0 aromatic heterocycles. The molecule has 0 spiro atoms. The molecule has 0 fully saturated rings. The monoisotopic (exact) mass is 406 g/mol. The van der Waals surface area contributed by atoms with Crippen molar-refractivity contribution in [1.82, 2.24) is 5.32 Å². The molecule has 2 aromatic rings. The molecule has 6 nitrogen and oxygen atoms in total. The van der Waals surface area contributed by atoms with E-state index in [0.717, 1.165) is 11.1 Å². The van der Waals surface area contributed by atoms with Crippen molar-refractivity contribution in [3.8, 4) is 0 Å². The minimum Gasteiger partial charge on any atom is -0.460 e. The SMILES string of the molecule is Cl.N[C@H](CCCCNC(=O)OCc1ccccc1)C(=O)OCc1ccccc1. The van der Waals surface area contributed by atoms with Crippen molar-refractivity contribution in [1.29, 1.82) is 0 Å². The number of carbonyl (C=O) groups is 2. The van der Waals surface area contributed by atoms with E-state index >= 15 is 0 Å². The van der Waals surface area contributed by atoms with Crippen molar-refractivity contribution in [2.75, 3.05) is 6.54 Å². The normalized spacial score (nSPS) is 11.0. The van der Waals surface area contributed by atoms with Crippen LogP contribution in [0.2, 0.25) is 0 Å². The van der Waals surface area contributed by atoms with Crippen molar-refractivity contribution in [3.63, 3.8) is 0 Å². The van der Waals surface area contributed by atoms with E-state index in [0.29, 0.717) is 25.8 Å². The molecule has 0 saturated carbocycles. The average Bonchev–Trinajstić information content (AvgIpc) is 2.71. The van der Waals surface area contributed by atoms with Crippen LogP contribution in [-0.4, -0.2) is 24.6 Å². The van der Waals surface area contributed by atoms with Gasteiger partial charge in [-0.15, -0.1) is 12.4 Å². The summed E-state index contributed by atoms with van der Waals surface area (Å²) >= 11 is 0. The van der Waals surface area contributed by atoms with Gasteiger partial charge >= 0.3 is 12.1 Å². The van der Waals surface area contributed by atoms with Crippen LogP contribution in [0.4, 0.5) is 4.79 Å². The van der Waals surface area contributed by atoms with Crippen LogP contribution in [0.1, 0.15) is 30.4 Å². The number of amides is 1. The molecule has 2 rings (SSSR count). The molecule has 0 saturated heterocycles. The number of rotatable bonds is 10. The lowest BCUT2D eigenvalue weighted by Gasteiger charge is -2.12. The van der Waals surface area contributed by atoms with E-state index in [1.807, 2.05) is 60.7 Å². The summed E-state index contributed by atoms with van der Waals surface area (Å²) in [6.45, 7) is 0.937. The lowest BCUT2D eigenvalue weighted by molar-refractivity contribution is -0.146. The molecule has 7 heteroatoms. The lowest BCUT2D eigenvalue weighted by Crippen LogP contribution is -2.32. The largest absolute Gasteiger partial charge is 0.460 e. The third-order valence-corrected chi connectivity index (χ3v) is 3.95. The molecule has 28 heavy (non-hydrogen) atoms. The fourth-order valence-electron chi connectivity index (χ4n) is 2.41. The molecule has 0 aliphatic heterocycles. The maximum atomic E-state index is 11.9. The summed E-state index contributed by atoms with van der Waals surface area (Å²) in [7, 11) is 0. The van der Waals surface area contributed by atoms with Crippen LogP contribution in [0, 0.1) is 0 Å². The fraction of sp³-hybridized carbons (Fsp3) is 0.333. The minimum atomic E-state index is -0.654. The van der Waals surface area contributed by atoms with E-state index < -0.39 is 18.1 Å². The number of ether oxygens (including phenoxy) is 2. The van der Waals surface area contributed by atoms with Gasteiger partial charge in [-0.25, -0.2) is 4.79 Å². The Labute approximate surface area is 171 Å². The second kappa shape index (κ2) is 13.6. The van der Waals surface area contributed by atoms with Crippen molar-refractivity contribution in [3.05, 3.63) is 71.8 Å². The van der Waals surface area contributed by atoms with E-state index in [1.165, 1.54) is 0 Å². The van der Waals surface area contributed by atoms with E-state index in [9.17, 15) is 9.59 Å². The number of halogens is 1. The molecule has 0 bridgehead atoms. The highest BCUT2D eigenvalue weighted by Gasteiger charge is 2.14. The summed E-state index contributed by atoms with van der Waals surface area (Å²) in [5.74, 6) is -0.408. The van der Waals surface area contributed by atoms with Crippen molar-refractivity contribution < 1.29 is 19.1 Å². The smallest absolute Gasteiger partial charge is 0.407 e. The Balaban J connectivity index is 0.00000392. The zero-order valence-corrected chi connectivity index (χ0v) is 16.5. The third kappa shape index (κ3) is 9.39. The van der Waals surface area contributed by atoms with Crippen molar-refractivity contribution in [2.45, 2.75) is 38.5 Å². The maximum absolute atomic E-state index is 11.9. The van der Waals surface area contributed by atoms with Gasteiger partial charge in [0, 0.05) is 6.54 Å². The Morgan fingerprint density at radius 1 is 0.857 bits per heavy atom. The second-order valence-corrected chi connectivity index (χ2v) is 6.18. The lowest BCUT2D eigenvalue weighted by atomic mass is 10.1. The number of nitrogens with one attached hydrogen (secondary N) is 1. The molecule has 0 heterocycles. The fourth-order valence-corrected chi connectivity index (χ4v) is 2.41. The highest BCUT2D eigenvalue weighted by Crippen LogP contribution is 2.05. The van der Waals surface area contributed by atoms with Gasteiger partial charge in [0.2, 0.25) is 0 Å². The number of esters is 1. The van der Waals surface area contributed by atoms with Gasteiger partial charge in [-0.05, 0) is 30.4 Å². The molecule has 2 aromatic carbocycles. The first-order chi connectivity index (χ1) is 13.1. The topological polar surface area (TPSA) is 90.6 Å². The summed E-state index contributed by atoms with van der Waals surface area (Å²) < 4.78 is 10.3. The van der Waals surface area contributed by atoms with Gasteiger partial charge in [-0.3, -0.25) is 4.79 Å². The third-order valence-electron chi connectivity index (χ3n) is 3.95.